The summed E-state index contributed by atoms with van der Waals surface area (Å²) in [5, 5.41) is 13.1. The van der Waals surface area contributed by atoms with Crippen LogP contribution < -0.4 is 19.7 Å². The molecular weight excluding hydrogens is 284 g/mol. The number of rotatable bonds is 5. The number of piperidine rings is 1. The zero-order valence-electron chi connectivity index (χ0n) is 12.9. The summed E-state index contributed by atoms with van der Waals surface area (Å²) in [5.74, 6) is 2.12. The SMILES string of the molecule is COc1ccc(N(CC2C3CCC2NC3)C(=O)O)c(OC)c1. The van der Waals surface area contributed by atoms with E-state index in [0.717, 1.165) is 13.0 Å². The van der Waals surface area contributed by atoms with E-state index in [-0.39, 0.29) is 0 Å². The smallest absolute Gasteiger partial charge is 0.411 e. The molecular formula is C16H22N2O4. The standard InChI is InChI=1S/C16H22N2O4/c1-21-11-4-6-14(15(7-11)22-2)18(16(19)20)9-12-10-3-5-13(12)17-8-10/h4,6-7,10,12-13,17H,3,5,8-9H2,1-2H3,(H,19,20). The number of hydrogen-bond acceptors (Lipinski definition) is 4. The lowest BCUT2D eigenvalue weighted by atomic mass is 9.97. The minimum atomic E-state index is -0.949. The number of carboxylic acid groups (broad SMARTS) is 1. The molecule has 1 aliphatic carbocycles. The normalized spacial score (nSPS) is 26.0. The van der Waals surface area contributed by atoms with Crippen molar-refractivity contribution in [3.05, 3.63) is 18.2 Å². The molecule has 0 spiro atoms. The van der Waals surface area contributed by atoms with Crippen LogP contribution in [0.2, 0.25) is 0 Å². The summed E-state index contributed by atoms with van der Waals surface area (Å²) in [4.78, 5) is 13.2. The third-order valence-electron chi connectivity index (χ3n) is 4.91. The van der Waals surface area contributed by atoms with E-state index < -0.39 is 6.09 Å². The highest BCUT2D eigenvalue weighted by Gasteiger charge is 2.43. The number of hydrogen-bond donors (Lipinski definition) is 2. The van der Waals surface area contributed by atoms with Crippen molar-refractivity contribution in [3.8, 4) is 11.5 Å². The second-order valence-electron chi connectivity index (χ2n) is 5.95. The van der Waals surface area contributed by atoms with Crippen molar-refractivity contribution in [2.45, 2.75) is 18.9 Å². The van der Waals surface area contributed by atoms with Crippen molar-refractivity contribution in [1.29, 1.82) is 0 Å². The van der Waals surface area contributed by atoms with Crippen LogP contribution in [0.25, 0.3) is 0 Å². The Morgan fingerprint density at radius 3 is 2.68 bits per heavy atom. The number of benzene rings is 1. The molecule has 0 radical (unpaired) electrons. The van der Waals surface area contributed by atoms with E-state index in [0.29, 0.717) is 41.6 Å². The van der Waals surface area contributed by atoms with Crippen molar-refractivity contribution >= 4 is 11.8 Å². The van der Waals surface area contributed by atoms with Gasteiger partial charge in [-0.3, -0.25) is 4.90 Å². The van der Waals surface area contributed by atoms with E-state index in [9.17, 15) is 9.90 Å². The Hall–Kier alpha value is -1.95. The number of amides is 1. The maximum absolute atomic E-state index is 11.8. The lowest BCUT2D eigenvalue weighted by Gasteiger charge is -2.26. The van der Waals surface area contributed by atoms with Gasteiger partial charge in [0.15, 0.2) is 0 Å². The number of nitrogens with zero attached hydrogens (tertiary/aromatic N) is 1. The number of carbonyl (C=O) groups is 1. The molecule has 1 saturated carbocycles. The van der Waals surface area contributed by atoms with Gasteiger partial charge in [-0.05, 0) is 43.4 Å². The molecule has 120 valence electrons. The van der Waals surface area contributed by atoms with Gasteiger partial charge < -0.3 is 19.9 Å². The predicted octanol–water partition coefficient (Wildman–Crippen LogP) is 2.19. The van der Waals surface area contributed by atoms with Gasteiger partial charge in [-0.1, -0.05) is 0 Å². The van der Waals surface area contributed by atoms with Crippen LogP contribution in [0, 0.1) is 11.8 Å². The molecule has 1 heterocycles. The first kappa shape index (κ1) is 15.0. The third kappa shape index (κ3) is 2.59. The van der Waals surface area contributed by atoms with Crippen LogP contribution in [-0.4, -0.2) is 44.6 Å². The third-order valence-corrected chi connectivity index (χ3v) is 4.91. The second kappa shape index (κ2) is 6.04. The first-order valence-corrected chi connectivity index (χ1v) is 7.60. The summed E-state index contributed by atoms with van der Waals surface area (Å²) in [6.45, 7) is 1.50. The maximum Gasteiger partial charge on any atom is 0.411 e. The highest BCUT2D eigenvalue weighted by molar-refractivity contribution is 5.88. The number of anilines is 1. The average molecular weight is 306 g/mol. The fourth-order valence-corrected chi connectivity index (χ4v) is 3.73. The van der Waals surface area contributed by atoms with Crippen LogP contribution in [-0.2, 0) is 0 Å². The van der Waals surface area contributed by atoms with Crippen LogP contribution in [0.4, 0.5) is 10.5 Å². The molecule has 1 aromatic carbocycles. The molecule has 2 bridgehead atoms. The van der Waals surface area contributed by atoms with Crippen molar-refractivity contribution in [2.24, 2.45) is 11.8 Å². The Kier molecular flexibility index (Phi) is 4.11. The summed E-state index contributed by atoms with van der Waals surface area (Å²) in [7, 11) is 3.12. The van der Waals surface area contributed by atoms with Gasteiger partial charge in [0.1, 0.15) is 11.5 Å². The fraction of sp³-hybridized carbons (Fsp3) is 0.562. The fourth-order valence-electron chi connectivity index (χ4n) is 3.73. The van der Waals surface area contributed by atoms with E-state index in [2.05, 4.69) is 5.32 Å². The summed E-state index contributed by atoms with van der Waals surface area (Å²) >= 11 is 0. The molecule has 3 unspecified atom stereocenters. The molecule has 2 aliphatic rings. The Balaban J connectivity index is 1.86. The molecule has 6 heteroatoms. The van der Waals surface area contributed by atoms with Gasteiger partial charge in [0, 0.05) is 18.7 Å². The van der Waals surface area contributed by atoms with Gasteiger partial charge in [0.05, 0.1) is 19.9 Å². The van der Waals surface area contributed by atoms with Gasteiger partial charge in [0.2, 0.25) is 0 Å². The molecule has 22 heavy (non-hydrogen) atoms. The van der Waals surface area contributed by atoms with Gasteiger partial charge in [0.25, 0.3) is 0 Å². The van der Waals surface area contributed by atoms with Crippen LogP contribution in [0.3, 0.4) is 0 Å². The minimum absolute atomic E-state index is 0.378. The molecule has 6 nitrogen and oxygen atoms in total. The van der Waals surface area contributed by atoms with E-state index in [1.807, 2.05) is 0 Å². The largest absolute Gasteiger partial charge is 0.497 e. The molecule has 1 aromatic rings. The van der Waals surface area contributed by atoms with E-state index in [1.165, 1.54) is 11.3 Å². The summed E-state index contributed by atoms with van der Waals surface area (Å²) in [5.41, 5.74) is 0.571. The summed E-state index contributed by atoms with van der Waals surface area (Å²) in [6, 6.07) is 5.66. The first-order valence-electron chi connectivity index (χ1n) is 7.60. The Bertz CT molecular complexity index is 543. The van der Waals surface area contributed by atoms with Crippen molar-refractivity contribution in [3.63, 3.8) is 0 Å². The van der Waals surface area contributed by atoms with E-state index in [1.54, 1.807) is 32.4 Å². The van der Waals surface area contributed by atoms with Gasteiger partial charge in [-0.15, -0.1) is 0 Å². The molecule has 2 N–H and O–H groups in total. The van der Waals surface area contributed by atoms with Crippen LogP contribution in [0.5, 0.6) is 11.5 Å². The lowest BCUT2D eigenvalue weighted by Crippen LogP contribution is -2.38. The molecule has 2 fully saturated rings. The highest BCUT2D eigenvalue weighted by Crippen LogP contribution is 2.40. The summed E-state index contributed by atoms with van der Waals surface area (Å²) < 4.78 is 10.5. The average Bonchev–Trinajstić information content (AvgIpc) is 3.11. The number of ether oxygens (including phenoxy) is 2. The molecule has 3 atom stereocenters. The van der Waals surface area contributed by atoms with Gasteiger partial charge >= 0.3 is 6.09 Å². The van der Waals surface area contributed by atoms with E-state index >= 15 is 0 Å². The minimum Gasteiger partial charge on any atom is -0.497 e. The zero-order chi connectivity index (χ0) is 15.7. The Morgan fingerprint density at radius 1 is 1.36 bits per heavy atom. The van der Waals surface area contributed by atoms with Crippen molar-refractivity contribution in [2.75, 3.05) is 32.2 Å². The topological polar surface area (TPSA) is 71.0 Å². The van der Waals surface area contributed by atoms with E-state index in [4.69, 9.17) is 9.47 Å². The lowest BCUT2D eigenvalue weighted by molar-refractivity contribution is 0.199. The molecule has 0 aromatic heterocycles. The maximum atomic E-state index is 11.8. The van der Waals surface area contributed by atoms with Crippen molar-refractivity contribution < 1.29 is 19.4 Å². The summed E-state index contributed by atoms with van der Waals surface area (Å²) in [6.07, 6.45) is 1.38. The van der Waals surface area contributed by atoms with Gasteiger partial charge in [-0.2, -0.15) is 0 Å². The Labute approximate surface area is 130 Å². The van der Waals surface area contributed by atoms with Crippen LogP contribution in [0.1, 0.15) is 12.8 Å². The highest BCUT2D eigenvalue weighted by atomic mass is 16.5. The molecule has 1 amide bonds. The molecule has 1 aliphatic heterocycles. The Morgan fingerprint density at radius 2 is 2.18 bits per heavy atom. The first-order chi connectivity index (χ1) is 10.6. The number of nitrogens with one attached hydrogen (secondary N) is 1. The monoisotopic (exact) mass is 306 g/mol. The van der Waals surface area contributed by atoms with Crippen LogP contribution >= 0.6 is 0 Å². The van der Waals surface area contributed by atoms with Gasteiger partial charge in [-0.25, -0.2) is 4.79 Å². The van der Waals surface area contributed by atoms with Crippen molar-refractivity contribution in [1.82, 2.24) is 5.32 Å². The predicted molar refractivity (Wildman–Crippen MR) is 82.9 cm³/mol. The van der Waals surface area contributed by atoms with Crippen LogP contribution in [0.15, 0.2) is 18.2 Å². The second-order valence-corrected chi connectivity index (χ2v) is 5.95. The molecule has 1 saturated heterocycles. The molecule has 3 rings (SSSR count). The number of methoxy groups -OCH3 is 2. The number of fused-ring (bicyclic) bond motifs is 2. The zero-order valence-corrected chi connectivity index (χ0v) is 12.9. The quantitative estimate of drug-likeness (QED) is 0.872.